The molecule has 80 valence electrons. The fourth-order valence-electron chi connectivity index (χ4n) is 0.868. The molecule has 0 aromatic heterocycles. The molecule has 15 heavy (non-hydrogen) atoms. The number of aliphatic imine (C=N–C) groups is 1. The van der Waals surface area contributed by atoms with Crippen LogP contribution in [-0.4, -0.2) is 35.6 Å². The fraction of sp³-hybridized carbons (Fsp3) is 0.200. The van der Waals surface area contributed by atoms with Gasteiger partial charge < -0.3 is 15.3 Å². The van der Waals surface area contributed by atoms with Crippen LogP contribution in [0.5, 0.6) is 5.75 Å². The lowest BCUT2D eigenvalue weighted by Crippen LogP contribution is -2.12. The van der Waals surface area contributed by atoms with Crippen molar-refractivity contribution < 1.29 is 5.11 Å². The molecular weight excluding hydrogens is 210 g/mol. The SMILES string of the molecule is CN(C)C=NC(=S)Nc1ccc(O)cc1. The number of hydrogen-bond acceptors (Lipinski definition) is 2. The Hall–Kier alpha value is -1.62. The van der Waals surface area contributed by atoms with Gasteiger partial charge in [-0.25, -0.2) is 4.99 Å². The van der Waals surface area contributed by atoms with Gasteiger partial charge in [-0.15, -0.1) is 0 Å². The summed E-state index contributed by atoms with van der Waals surface area (Å²) in [5.74, 6) is 0.225. The maximum Gasteiger partial charge on any atom is 0.198 e. The predicted octanol–water partition coefficient (Wildman–Crippen LogP) is 1.68. The van der Waals surface area contributed by atoms with E-state index in [0.29, 0.717) is 5.11 Å². The topological polar surface area (TPSA) is 47.9 Å². The molecule has 0 amide bonds. The maximum atomic E-state index is 9.07. The Morgan fingerprint density at radius 3 is 2.53 bits per heavy atom. The molecule has 0 bridgehead atoms. The number of nitrogens with zero attached hydrogens (tertiary/aromatic N) is 2. The fourth-order valence-corrected chi connectivity index (χ4v) is 1.03. The highest BCUT2D eigenvalue weighted by atomic mass is 32.1. The Labute approximate surface area is 94.2 Å². The van der Waals surface area contributed by atoms with E-state index in [1.54, 1.807) is 35.5 Å². The van der Waals surface area contributed by atoms with Crippen LogP contribution < -0.4 is 5.32 Å². The van der Waals surface area contributed by atoms with Gasteiger partial charge >= 0.3 is 0 Å². The van der Waals surface area contributed by atoms with Gasteiger partial charge in [0.1, 0.15) is 5.75 Å². The first-order valence-electron chi connectivity index (χ1n) is 4.38. The van der Waals surface area contributed by atoms with Crippen molar-refractivity contribution in [1.29, 1.82) is 0 Å². The number of thiocarbonyl (C=S) groups is 1. The number of phenols is 1. The van der Waals surface area contributed by atoms with Crippen molar-refractivity contribution in [1.82, 2.24) is 4.90 Å². The van der Waals surface area contributed by atoms with Gasteiger partial charge in [-0.1, -0.05) is 0 Å². The Bertz CT molecular complexity index is 359. The summed E-state index contributed by atoms with van der Waals surface area (Å²) < 4.78 is 0. The summed E-state index contributed by atoms with van der Waals surface area (Å²) in [4.78, 5) is 5.80. The molecule has 1 aromatic rings. The van der Waals surface area contributed by atoms with E-state index in [9.17, 15) is 0 Å². The van der Waals surface area contributed by atoms with Gasteiger partial charge in [-0.3, -0.25) is 0 Å². The summed E-state index contributed by atoms with van der Waals surface area (Å²) in [6, 6.07) is 6.63. The van der Waals surface area contributed by atoms with E-state index in [-0.39, 0.29) is 5.75 Å². The third-order valence-corrected chi connectivity index (χ3v) is 1.73. The molecule has 0 fully saturated rings. The Morgan fingerprint density at radius 1 is 1.40 bits per heavy atom. The van der Waals surface area contributed by atoms with Crippen LogP contribution in [0.2, 0.25) is 0 Å². The molecule has 0 spiro atoms. The van der Waals surface area contributed by atoms with E-state index < -0.39 is 0 Å². The minimum atomic E-state index is 0.225. The average molecular weight is 223 g/mol. The molecule has 5 heteroatoms. The van der Waals surface area contributed by atoms with Crippen LogP contribution in [0.3, 0.4) is 0 Å². The van der Waals surface area contributed by atoms with Gasteiger partial charge in [-0.05, 0) is 36.5 Å². The zero-order valence-electron chi connectivity index (χ0n) is 8.64. The average Bonchev–Trinajstić information content (AvgIpc) is 2.19. The molecule has 2 N–H and O–H groups in total. The zero-order valence-corrected chi connectivity index (χ0v) is 9.45. The van der Waals surface area contributed by atoms with Gasteiger partial charge in [-0.2, -0.15) is 0 Å². The van der Waals surface area contributed by atoms with Crippen LogP contribution in [0.4, 0.5) is 5.69 Å². The molecule has 0 saturated heterocycles. The number of phenolic OH excluding ortho intramolecular Hbond substituents is 1. The number of rotatable bonds is 2. The molecular formula is C10H13N3OS. The summed E-state index contributed by atoms with van der Waals surface area (Å²) in [7, 11) is 3.74. The Balaban J connectivity index is 2.55. The van der Waals surface area contributed by atoms with Crippen LogP contribution in [0.25, 0.3) is 0 Å². The highest BCUT2D eigenvalue weighted by molar-refractivity contribution is 7.80. The van der Waals surface area contributed by atoms with Gasteiger partial charge in [0.15, 0.2) is 5.11 Å². The molecule has 0 aliphatic heterocycles. The van der Waals surface area contributed by atoms with Crippen LogP contribution >= 0.6 is 12.2 Å². The van der Waals surface area contributed by atoms with Gasteiger partial charge in [0.25, 0.3) is 0 Å². The number of hydrogen-bond donors (Lipinski definition) is 2. The lowest BCUT2D eigenvalue weighted by molar-refractivity contribution is 0.475. The summed E-state index contributed by atoms with van der Waals surface area (Å²) in [6.45, 7) is 0. The minimum absolute atomic E-state index is 0.225. The van der Waals surface area contributed by atoms with E-state index >= 15 is 0 Å². The number of nitrogens with one attached hydrogen (secondary N) is 1. The van der Waals surface area contributed by atoms with E-state index in [1.165, 1.54) is 0 Å². The summed E-state index contributed by atoms with van der Waals surface area (Å²) >= 11 is 4.99. The zero-order chi connectivity index (χ0) is 11.3. The molecule has 1 aromatic carbocycles. The van der Waals surface area contributed by atoms with Crippen molar-refractivity contribution in [2.24, 2.45) is 4.99 Å². The van der Waals surface area contributed by atoms with Crippen LogP contribution in [0.1, 0.15) is 0 Å². The summed E-state index contributed by atoms with van der Waals surface area (Å²) in [6.07, 6.45) is 1.62. The van der Waals surface area contributed by atoms with Gasteiger partial charge in [0.05, 0.1) is 6.34 Å². The highest BCUT2D eigenvalue weighted by Gasteiger charge is 1.94. The smallest absolute Gasteiger partial charge is 0.198 e. The lowest BCUT2D eigenvalue weighted by Gasteiger charge is -2.05. The standard InChI is InChI=1S/C10H13N3OS/c1-13(2)7-11-10(15)12-8-3-5-9(14)6-4-8/h3-7,14H,1-2H3,(H,12,15). The third-order valence-electron chi connectivity index (χ3n) is 1.52. The quantitative estimate of drug-likeness (QED) is 0.346. The first kappa shape index (κ1) is 11.5. The van der Waals surface area contributed by atoms with Crippen molar-refractivity contribution in [3.05, 3.63) is 24.3 Å². The molecule has 0 atom stereocenters. The van der Waals surface area contributed by atoms with Crippen LogP contribution in [0.15, 0.2) is 29.3 Å². The molecule has 4 nitrogen and oxygen atoms in total. The van der Waals surface area contributed by atoms with Crippen LogP contribution in [-0.2, 0) is 0 Å². The molecule has 0 heterocycles. The second-order valence-electron chi connectivity index (χ2n) is 3.19. The van der Waals surface area contributed by atoms with E-state index in [2.05, 4.69) is 10.3 Å². The van der Waals surface area contributed by atoms with Crippen molar-refractivity contribution in [3.8, 4) is 5.75 Å². The molecule has 0 aliphatic rings. The summed E-state index contributed by atoms with van der Waals surface area (Å²) in [5, 5.41) is 12.4. The Morgan fingerprint density at radius 2 is 2.00 bits per heavy atom. The molecule has 0 unspecified atom stereocenters. The number of aromatic hydroxyl groups is 1. The first-order valence-corrected chi connectivity index (χ1v) is 4.79. The van der Waals surface area contributed by atoms with Gasteiger partial charge in [0, 0.05) is 19.8 Å². The van der Waals surface area contributed by atoms with Crippen LogP contribution in [0, 0.1) is 0 Å². The van der Waals surface area contributed by atoms with Crippen molar-refractivity contribution in [2.45, 2.75) is 0 Å². The van der Waals surface area contributed by atoms with Gasteiger partial charge in [0.2, 0.25) is 0 Å². The van der Waals surface area contributed by atoms with E-state index in [0.717, 1.165) is 5.69 Å². The maximum absolute atomic E-state index is 9.07. The monoisotopic (exact) mass is 223 g/mol. The van der Waals surface area contributed by atoms with E-state index in [1.807, 2.05) is 14.1 Å². The predicted molar refractivity (Wildman–Crippen MR) is 66.5 cm³/mol. The largest absolute Gasteiger partial charge is 0.508 e. The van der Waals surface area contributed by atoms with E-state index in [4.69, 9.17) is 17.3 Å². The second kappa shape index (κ2) is 5.31. The Kier molecular flexibility index (Phi) is 4.05. The number of anilines is 1. The lowest BCUT2D eigenvalue weighted by atomic mass is 10.3. The number of benzene rings is 1. The molecule has 0 aliphatic carbocycles. The normalized spacial score (nSPS) is 10.3. The second-order valence-corrected chi connectivity index (χ2v) is 3.57. The third kappa shape index (κ3) is 4.42. The molecule has 0 saturated carbocycles. The van der Waals surface area contributed by atoms with Crippen molar-refractivity contribution >= 4 is 29.4 Å². The van der Waals surface area contributed by atoms with Crippen molar-refractivity contribution in [3.63, 3.8) is 0 Å². The summed E-state index contributed by atoms with van der Waals surface area (Å²) in [5.41, 5.74) is 0.800. The van der Waals surface area contributed by atoms with Crippen molar-refractivity contribution in [2.75, 3.05) is 19.4 Å². The molecule has 0 radical (unpaired) electrons. The minimum Gasteiger partial charge on any atom is -0.508 e. The first-order chi connectivity index (χ1) is 7.08. The molecule has 1 rings (SSSR count). The highest BCUT2D eigenvalue weighted by Crippen LogP contribution is 2.13.